The Morgan fingerprint density at radius 2 is 1.76 bits per heavy atom. The number of aryl methyl sites for hydroxylation is 2. The van der Waals surface area contributed by atoms with E-state index in [2.05, 4.69) is 24.5 Å². The number of nitrogens with one attached hydrogen (secondary N) is 2. The zero-order valence-electron chi connectivity index (χ0n) is 15.1. The zero-order valence-corrected chi connectivity index (χ0v) is 15.1. The van der Waals surface area contributed by atoms with Gasteiger partial charge in [0.2, 0.25) is 0 Å². The number of carbonyl (C=O) groups excluding carboxylic acids is 1. The van der Waals surface area contributed by atoms with Crippen LogP contribution in [0.5, 0.6) is 0 Å². The van der Waals surface area contributed by atoms with Crippen LogP contribution in [0.2, 0.25) is 0 Å². The van der Waals surface area contributed by atoms with Crippen molar-refractivity contribution in [1.82, 2.24) is 0 Å². The van der Waals surface area contributed by atoms with Gasteiger partial charge in [-0.3, -0.25) is 4.79 Å². The third kappa shape index (κ3) is 4.48. The normalized spacial score (nSPS) is 11.1. The van der Waals surface area contributed by atoms with Gasteiger partial charge in [0.15, 0.2) is 0 Å². The molecule has 0 fully saturated rings. The largest absolute Gasteiger partial charge is 0.360 e. The van der Waals surface area contributed by atoms with Crippen LogP contribution >= 0.6 is 0 Å². The minimum atomic E-state index is -0.427. The molecular formula is C21H23N3O. The number of hydrogen-bond acceptors (Lipinski definition) is 3. The number of benzene rings is 2. The summed E-state index contributed by atoms with van der Waals surface area (Å²) in [5.41, 5.74) is 4.83. The van der Waals surface area contributed by atoms with Crippen molar-refractivity contribution in [2.75, 3.05) is 10.6 Å². The van der Waals surface area contributed by atoms with E-state index in [4.69, 9.17) is 0 Å². The average molecular weight is 333 g/mol. The molecule has 0 saturated carbocycles. The van der Waals surface area contributed by atoms with E-state index < -0.39 is 5.91 Å². The Morgan fingerprint density at radius 3 is 2.40 bits per heavy atom. The van der Waals surface area contributed by atoms with E-state index in [1.807, 2.05) is 62.4 Å². The van der Waals surface area contributed by atoms with Crippen LogP contribution in [0.3, 0.4) is 0 Å². The van der Waals surface area contributed by atoms with E-state index >= 15 is 0 Å². The Labute approximate surface area is 149 Å². The van der Waals surface area contributed by atoms with Gasteiger partial charge in [0.1, 0.15) is 11.6 Å². The van der Waals surface area contributed by atoms with Gasteiger partial charge in [0.25, 0.3) is 5.91 Å². The molecule has 0 saturated heterocycles. The molecule has 0 bridgehead atoms. The molecular weight excluding hydrogens is 310 g/mol. The molecule has 2 aromatic rings. The molecule has 0 spiro atoms. The minimum absolute atomic E-state index is 0.0289. The molecule has 128 valence electrons. The molecule has 0 unspecified atom stereocenters. The number of nitrogens with zero attached hydrogens (tertiary/aromatic N) is 1. The predicted molar refractivity (Wildman–Crippen MR) is 102 cm³/mol. The predicted octanol–water partition coefficient (Wildman–Crippen LogP) is 4.88. The highest BCUT2D eigenvalue weighted by Crippen LogP contribution is 2.27. The lowest BCUT2D eigenvalue weighted by atomic mass is 9.98. The van der Waals surface area contributed by atoms with Gasteiger partial charge < -0.3 is 10.6 Å². The first-order chi connectivity index (χ1) is 11.9. The molecule has 0 radical (unpaired) electrons. The summed E-state index contributed by atoms with van der Waals surface area (Å²) in [5, 5.41) is 15.3. The Balaban J connectivity index is 2.23. The molecule has 0 aliphatic carbocycles. The fraction of sp³-hybridized carbons (Fsp3) is 0.238. The molecule has 1 amide bonds. The lowest BCUT2D eigenvalue weighted by Gasteiger charge is -2.15. The molecule has 4 heteroatoms. The highest BCUT2D eigenvalue weighted by atomic mass is 16.1. The first kappa shape index (κ1) is 18.3. The van der Waals surface area contributed by atoms with Crippen molar-refractivity contribution in [2.45, 2.75) is 33.6 Å². The Hall–Kier alpha value is -3.06. The van der Waals surface area contributed by atoms with Crippen LogP contribution in [0.25, 0.3) is 0 Å². The smallest absolute Gasteiger partial charge is 0.267 e. The summed E-state index contributed by atoms with van der Waals surface area (Å²) < 4.78 is 0. The summed E-state index contributed by atoms with van der Waals surface area (Å²) >= 11 is 0. The third-order valence-electron chi connectivity index (χ3n) is 4.05. The molecule has 2 aromatic carbocycles. The number of carbonyl (C=O) groups is 1. The first-order valence-corrected chi connectivity index (χ1v) is 8.27. The maximum atomic E-state index is 12.4. The van der Waals surface area contributed by atoms with Crippen LogP contribution in [-0.2, 0) is 4.79 Å². The van der Waals surface area contributed by atoms with Crippen LogP contribution in [0.15, 0.2) is 54.2 Å². The summed E-state index contributed by atoms with van der Waals surface area (Å²) in [5.74, 6) is -0.0916. The number of hydrogen-bond donors (Lipinski definition) is 2. The fourth-order valence-corrected chi connectivity index (χ4v) is 2.56. The van der Waals surface area contributed by atoms with Crippen LogP contribution in [-0.4, -0.2) is 5.91 Å². The summed E-state index contributed by atoms with van der Waals surface area (Å²) in [6.45, 7) is 8.13. The molecule has 2 N–H and O–H groups in total. The van der Waals surface area contributed by atoms with Crippen LogP contribution < -0.4 is 10.6 Å². The van der Waals surface area contributed by atoms with E-state index in [0.717, 1.165) is 22.4 Å². The minimum Gasteiger partial charge on any atom is -0.360 e. The first-order valence-electron chi connectivity index (χ1n) is 8.27. The average Bonchev–Trinajstić information content (AvgIpc) is 2.58. The van der Waals surface area contributed by atoms with Gasteiger partial charge in [0.05, 0.1) is 0 Å². The Kier molecular flexibility index (Phi) is 5.97. The number of para-hydroxylation sites is 2. The third-order valence-corrected chi connectivity index (χ3v) is 4.05. The lowest BCUT2D eigenvalue weighted by Crippen LogP contribution is -2.15. The zero-order chi connectivity index (χ0) is 18.4. The molecule has 0 heterocycles. The van der Waals surface area contributed by atoms with Crippen molar-refractivity contribution >= 4 is 17.3 Å². The van der Waals surface area contributed by atoms with Crippen molar-refractivity contribution in [3.63, 3.8) is 0 Å². The number of anilines is 2. The number of amides is 1. The van der Waals surface area contributed by atoms with Crippen molar-refractivity contribution in [3.8, 4) is 6.07 Å². The number of rotatable bonds is 5. The quantitative estimate of drug-likeness (QED) is 0.605. The van der Waals surface area contributed by atoms with Crippen LogP contribution in [0.1, 0.15) is 36.5 Å². The highest BCUT2D eigenvalue weighted by molar-refractivity contribution is 6.07. The van der Waals surface area contributed by atoms with E-state index in [-0.39, 0.29) is 5.57 Å². The van der Waals surface area contributed by atoms with E-state index in [0.29, 0.717) is 11.6 Å². The Bertz CT molecular complexity index is 844. The maximum Gasteiger partial charge on any atom is 0.267 e. The second-order valence-corrected chi connectivity index (χ2v) is 6.28. The molecule has 25 heavy (non-hydrogen) atoms. The molecule has 0 aliphatic heterocycles. The van der Waals surface area contributed by atoms with Crippen LogP contribution in [0.4, 0.5) is 11.4 Å². The molecule has 4 nitrogen and oxygen atoms in total. The van der Waals surface area contributed by atoms with Crippen molar-refractivity contribution < 1.29 is 4.79 Å². The Morgan fingerprint density at radius 1 is 1.08 bits per heavy atom. The highest BCUT2D eigenvalue weighted by Gasteiger charge is 2.12. The summed E-state index contributed by atoms with van der Waals surface area (Å²) in [7, 11) is 0. The van der Waals surface area contributed by atoms with Gasteiger partial charge in [-0.05, 0) is 42.5 Å². The molecule has 0 aliphatic rings. The van der Waals surface area contributed by atoms with Crippen molar-refractivity contribution in [3.05, 3.63) is 70.9 Å². The molecule has 0 atom stereocenters. The standard InChI is InChI=1S/C21H23N3O/c1-14(2)18-10-7-9-16(4)20(18)23-13-17(12-22)21(25)24-19-11-6-5-8-15(19)3/h5-11,13-14,23H,1-4H3,(H,24,25)/b17-13-. The van der Waals surface area contributed by atoms with E-state index in [9.17, 15) is 10.1 Å². The number of nitriles is 1. The van der Waals surface area contributed by atoms with Crippen molar-refractivity contribution in [2.24, 2.45) is 0 Å². The van der Waals surface area contributed by atoms with Gasteiger partial charge in [-0.15, -0.1) is 0 Å². The van der Waals surface area contributed by atoms with Crippen molar-refractivity contribution in [1.29, 1.82) is 5.26 Å². The van der Waals surface area contributed by atoms with Gasteiger partial charge in [-0.1, -0.05) is 50.2 Å². The van der Waals surface area contributed by atoms with E-state index in [1.54, 1.807) is 0 Å². The van der Waals surface area contributed by atoms with Gasteiger partial charge in [0, 0.05) is 17.6 Å². The summed E-state index contributed by atoms with van der Waals surface area (Å²) in [4.78, 5) is 12.4. The summed E-state index contributed by atoms with van der Waals surface area (Å²) in [6.07, 6.45) is 1.47. The molecule has 2 rings (SSSR count). The maximum absolute atomic E-state index is 12.4. The fourth-order valence-electron chi connectivity index (χ4n) is 2.56. The van der Waals surface area contributed by atoms with E-state index in [1.165, 1.54) is 6.20 Å². The van der Waals surface area contributed by atoms with Gasteiger partial charge >= 0.3 is 0 Å². The molecule has 0 aromatic heterocycles. The van der Waals surface area contributed by atoms with Gasteiger partial charge in [-0.2, -0.15) is 5.26 Å². The second kappa shape index (κ2) is 8.16. The monoisotopic (exact) mass is 333 g/mol. The summed E-state index contributed by atoms with van der Waals surface area (Å²) in [6, 6.07) is 15.5. The lowest BCUT2D eigenvalue weighted by molar-refractivity contribution is -0.112. The second-order valence-electron chi connectivity index (χ2n) is 6.28. The SMILES string of the molecule is Cc1ccccc1NC(=O)/C(C#N)=C\Nc1c(C)cccc1C(C)C. The van der Waals surface area contributed by atoms with Crippen LogP contribution in [0, 0.1) is 25.2 Å². The van der Waals surface area contributed by atoms with Gasteiger partial charge in [-0.25, -0.2) is 0 Å². The topological polar surface area (TPSA) is 64.9 Å².